The van der Waals surface area contributed by atoms with Crippen LogP contribution in [0.25, 0.3) is 0 Å². The predicted octanol–water partition coefficient (Wildman–Crippen LogP) is 6.98. The van der Waals surface area contributed by atoms with Crippen LogP contribution in [0.3, 0.4) is 0 Å². The van der Waals surface area contributed by atoms with Crippen LogP contribution < -0.4 is 5.73 Å². The molecule has 0 aromatic carbocycles. The molecule has 32 heavy (non-hydrogen) atoms. The van der Waals surface area contributed by atoms with Crippen molar-refractivity contribution in [3.8, 4) is 0 Å². The van der Waals surface area contributed by atoms with Gasteiger partial charge < -0.3 is 10.5 Å². The van der Waals surface area contributed by atoms with Crippen LogP contribution in [0.2, 0.25) is 0 Å². The Morgan fingerprint density at radius 2 is 1.66 bits per heavy atom. The molecule has 0 aromatic heterocycles. The Morgan fingerprint density at radius 3 is 2.38 bits per heavy atom. The zero-order valence-electron chi connectivity index (χ0n) is 21.7. The first-order valence-electron chi connectivity index (χ1n) is 14.1. The van der Waals surface area contributed by atoms with Crippen molar-refractivity contribution < 1.29 is 9.53 Å². The van der Waals surface area contributed by atoms with Crippen molar-refractivity contribution in [2.24, 2.45) is 58.0 Å². The summed E-state index contributed by atoms with van der Waals surface area (Å²) in [5, 5.41) is 0. The van der Waals surface area contributed by atoms with Gasteiger partial charge in [-0.3, -0.25) is 4.79 Å². The normalized spacial score (nSPS) is 44.5. The summed E-state index contributed by atoms with van der Waals surface area (Å²) in [7, 11) is 0. The Morgan fingerprint density at radius 1 is 0.938 bits per heavy atom. The Balaban J connectivity index is 1.42. The lowest BCUT2D eigenvalue weighted by Gasteiger charge is -2.61. The summed E-state index contributed by atoms with van der Waals surface area (Å²) in [5.74, 6) is 5.95. The van der Waals surface area contributed by atoms with E-state index in [2.05, 4.69) is 34.6 Å². The summed E-state index contributed by atoms with van der Waals surface area (Å²) in [6.07, 6.45) is 16.3. The molecule has 0 aromatic rings. The Kier molecular flexibility index (Phi) is 7.36. The fraction of sp³-hybridized carbons (Fsp3) is 0.966. The highest BCUT2D eigenvalue weighted by molar-refractivity contribution is 5.71. The number of ether oxygens (including phenoxy) is 1. The average Bonchev–Trinajstić information content (AvgIpc) is 3.11. The predicted molar refractivity (Wildman–Crippen MR) is 132 cm³/mol. The lowest BCUT2D eigenvalue weighted by atomic mass is 9.44. The van der Waals surface area contributed by atoms with Gasteiger partial charge in [0.25, 0.3) is 0 Å². The molecular formula is C29H51NO2. The second kappa shape index (κ2) is 9.59. The monoisotopic (exact) mass is 445 g/mol. The molecule has 184 valence electrons. The molecule has 0 aliphatic heterocycles. The van der Waals surface area contributed by atoms with Crippen molar-refractivity contribution in [3.63, 3.8) is 0 Å². The van der Waals surface area contributed by atoms with E-state index < -0.39 is 0 Å². The molecule has 4 aliphatic rings. The fourth-order valence-corrected chi connectivity index (χ4v) is 9.58. The van der Waals surface area contributed by atoms with E-state index in [1.165, 1.54) is 64.2 Å². The summed E-state index contributed by atoms with van der Waals surface area (Å²) in [5.41, 5.74) is 6.53. The van der Waals surface area contributed by atoms with Crippen LogP contribution >= 0.6 is 0 Å². The Hall–Kier alpha value is -0.570. The summed E-state index contributed by atoms with van der Waals surface area (Å²) < 4.78 is 5.68. The number of rotatable bonds is 7. The maximum atomic E-state index is 11.7. The summed E-state index contributed by atoms with van der Waals surface area (Å²) in [6, 6.07) is 0. The largest absolute Gasteiger partial charge is 0.461 e. The average molecular weight is 446 g/mol. The molecule has 0 heterocycles. The first-order valence-corrected chi connectivity index (χ1v) is 14.1. The van der Waals surface area contributed by atoms with Crippen LogP contribution in [0, 0.1) is 52.3 Å². The molecule has 4 unspecified atom stereocenters. The van der Waals surface area contributed by atoms with Gasteiger partial charge in [-0.25, -0.2) is 0 Å². The van der Waals surface area contributed by atoms with Crippen molar-refractivity contribution in [2.45, 2.75) is 118 Å². The second-order valence-electron chi connectivity index (χ2n) is 13.3. The summed E-state index contributed by atoms with van der Waals surface area (Å²) >= 11 is 0. The highest BCUT2D eigenvalue weighted by Gasteiger charge is 2.60. The van der Waals surface area contributed by atoms with Crippen molar-refractivity contribution in [2.75, 3.05) is 6.54 Å². The van der Waals surface area contributed by atoms with Gasteiger partial charge in [0.1, 0.15) is 6.10 Å². The zero-order chi connectivity index (χ0) is 23.1. The molecule has 4 saturated carbocycles. The highest BCUT2D eigenvalue weighted by Crippen LogP contribution is 2.68. The zero-order valence-corrected chi connectivity index (χ0v) is 21.7. The molecule has 4 fully saturated rings. The van der Waals surface area contributed by atoms with Crippen LogP contribution in [0.15, 0.2) is 0 Å². The van der Waals surface area contributed by atoms with Crippen LogP contribution in [0.4, 0.5) is 0 Å². The molecule has 0 radical (unpaired) electrons. The molecule has 3 heteroatoms. The molecule has 4 aliphatic carbocycles. The minimum atomic E-state index is -0.222. The number of carbonyl (C=O) groups excluding carboxylic acids is 1. The molecule has 9 atom stereocenters. The maximum absolute atomic E-state index is 11.7. The minimum Gasteiger partial charge on any atom is -0.461 e. The van der Waals surface area contributed by atoms with E-state index in [1.54, 1.807) is 0 Å². The van der Waals surface area contributed by atoms with Gasteiger partial charge in [-0.05, 0) is 110 Å². The first kappa shape index (κ1) is 24.6. The van der Waals surface area contributed by atoms with Gasteiger partial charge in [-0.2, -0.15) is 0 Å². The quantitative estimate of drug-likeness (QED) is 0.430. The number of esters is 1. The number of hydrogen-bond donors (Lipinski definition) is 1. The molecule has 0 saturated heterocycles. The smallest absolute Gasteiger partial charge is 0.319 e. The van der Waals surface area contributed by atoms with Crippen molar-refractivity contribution >= 4 is 5.97 Å². The molecular weight excluding hydrogens is 394 g/mol. The van der Waals surface area contributed by atoms with Crippen molar-refractivity contribution in [3.05, 3.63) is 0 Å². The van der Waals surface area contributed by atoms with E-state index in [1.807, 2.05) is 0 Å². The summed E-state index contributed by atoms with van der Waals surface area (Å²) in [4.78, 5) is 11.7. The minimum absolute atomic E-state index is 0.0143. The van der Waals surface area contributed by atoms with Crippen molar-refractivity contribution in [1.29, 1.82) is 0 Å². The lowest BCUT2D eigenvalue weighted by Crippen LogP contribution is -2.54. The fourth-order valence-electron chi connectivity index (χ4n) is 9.58. The molecule has 2 N–H and O–H groups in total. The third-order valence-corrected chi connectivity index (χ3v) is 11.3. The summed E-state index contributed by atoms with van der Waals surface area (Å²) in [6.45, 7) is 12.6. The van der Waals surface area contributed by atoms with E-state index in [0.717, 1.165) is 54.3 Å². The van der Waals surface area contributed by atoms with Gasteiger partial charge in [0.15, 0.2) is 0 Å². The van der Waals surface area contributed by atoms with Gasteiger partial charge in [0, 0.05) is 0 Å². The van der Waals surface area contributed by atoms with Crippen LogP contribution in [-0.4, -0.2) is 18.6 Å². The maximum Gasteiger partial charge on any atom is 0.319 e. The van der Waals surface area contributed by atoms with Crippen LogP contribution in [0.5, 0.6) is 0 Å². The molecule has 0 amide bonds. The Bertz CT molecular complexity index is 662. The van der Waals surface area contributed by atoms with Gasteiger partial charge >= 0.3 is 5.97 Å². The number of fused-ring (bicyclic) bond motifs is 5. The van der Waals surface area contributed by atoms with E-state index in [4.69, 9.17) is 10.5 Å². The highest BCUT2D eigenvalue weighted by atomic mass is 16.5. The van der Waals surface area contributed by atoms with E-state index in [-0.39, 0.29) is 18.6 Å². The third-order valence-electron chi connectivity index (χ3n) is 11.3. The standard InChI is InChI=1S/C29H51NO2/c1-19(2)7-6-8-20(3)24-11-12-25-23-10-9-21-17-22(32-27(31)18-30)13-15-28(21,4)26(23)14-16-29(24,25)5/h19-26H,6-18,30H2,1-5H3/t20-,21?,22+,23?,24-,25?,26?,28+,29-/m1/s1. The molecule has 0 spiro atoms. The molecule has 3 nitrogen and oxygen atoms in total. The lowest BCUT2D eigenvalue weighted by molar-refractivity contribution is -0.161. The van der Waals surface area contributed by atoms with E-state index in [0.29, 0.717) is 10.8 Å². The van der Waals surface area contributed by atoms with Gasteiger partial charge in [-0.15, -0.1) is 0 Å². The van der Waals surface area contributed by atoms with Gasteiger partial charge in [0.2, 0.25) is 0 Å². The van der Waals surface area contributed by atoms with Crippen molar-refractivity contribution in [1.82, 2.24) is 0 Å². The number of carbonyl (C=O) groups is 1. The van der Waals surface area contributed by atoms with Crippen LogP contribution in [-0.2, 0) is 9.53 Å². The van der Waals surface area contributed by atoms with Gasteiger partial charge in [-0.1, -0.05) is 53.9 Å². The number of hydrogen-bond acceptors (Lipinski definition) is 3. The topological polar surface area (TPSA) is 52.3 Å². The second-order valence-corrected chi connectivity index (χ2v) is 13.3. The first-order chi connectivity index (χ1) is 15.2. The van der Waals surface area contributed by atoms with E-state index >= 15 is 0 Å². The molecule has 4 rings (SSSR count). The van der Waals surface area contributed by atoms with Gasteiger partial charge in [0.05, 0.1) is 6.54 Å². The SMILES string of the molecule is CC(C)CCC[C@@H](C)[C@H]1CCC2C3CCC4C[C@@H](OC(=O)CN)CC[C@]4(C)C3CC[C@@]21C. The van der Waals surface area contributed by atoms with E-state index in [9.17, 15) is 4.79 Å². The Labute approximate surface area is 198 Å². The molecule has 0 bridgehead atoms. The van der Waals surface area contributed by atoms with Crippen LogP contribution in [0.1, 0.15) is 112 Å². The number of nitrogens with two attached hydrogens (primary N) is 1. The third kappa shape index (κ3) is 4.41.